The third-order valence-electron chi connectivity index (χ3n) is 4.02. The molecule has 6 nitrogen and oxygen atoms in total. The maximum atomic E-state index is 12.0. The van der Waals surface area contributed by atoms with Gasteiger partial charge in [0.2, 0.25) is 0 Å². The second-order valence-electron chi connectivity index (χ2n) is 5.69. The molecule has 23 heavy (non-hydrogen) atoms. The molecule has 0 saturated carbocycles. The van der Waals surface area contributed by atoms with Crippen LogP contribution in [-0.4, -0.2) is 48.6 Å². The molecule has 1 saturated heterocycles. The van der Waals surface area contributed by atoms with E-state index in [0.29, 0.717) is 19.7 Å². The van der Waals surface area contributed by atoms with Crippen molar-refractivity contribution in [2.45, 2.75) is 40.2 Å². The monoisotopic (exact) mass is 338 g/mol. The van der Waals surface area contributed by atoms with Crippen molar-refractivity contribution in [1.82, 2.24) is 15.2 Å². The number of piperidine rings is 1. The molecule has 1 aliphatic heterocycles. The van der Waals surface area contributed by atoms with Gasteiger partial charge in [0, 0.05) is 25.0 Å². The molecule has 2 rings (SSSR count). The van der Waals surface area contributed by atoms with Gasteiger partial charge in [0.15, 0.2) is 5.96 Å². The zero-order valence-electron chi connectivity index (χ0n) is 14.4. The predicted octanol–water partition coefficient (Wildman–Crippen LogP) is 2.11. The molecular formula is C16H26N4O2S. The van der Waals surface area contributed by atoms with E-state index in [1.165, 1.54) is 4.88 Å². The van der Waals surface area contributed by atoms with Gasteiger partial charge in [0.25, 0.3) is 0 Å². The van der Waals surface area contributed by atoms with Crippen LogP contribution in [0.4, 0.5) is 0 Å². The quantitative estimate of drug-likeness (QED) is 0.517. The first-order chi connectivity index (χ1) is 11.0. The highest BCUT2D eigenvalue weighted by Gasteiger charge is 2.28. The van der Waals surface area contributed by atoms with Gasteiger partial charge in [0.05, 0.1) is 24.8 Å². The van der Waals surface area contributed by atoms with Crippen LogP contribution in [0.3, 0.4) is 0 Å². The first kappa shape index (κ1) is 17.7. The number of aliphatic imine (C=N–C) groups is 1. The summed E-state index contributed by atoms with van der Waals surface area (Å²) in [7, 11) is 1.77. The summed E-state index contributed by atoms with van der Waals surface area (Å²) in [5.74, 6) is 0.662. The van der Waals surface area contributed by atoms with Crippen molar-refractivity contribution in [3.8, 4) is 0 Å². The molecule has 1 fully saturated rings. The van der Waals surface area contributed by atoms with E-state index in [9.17, 15) is 4.79 Å². The third-order valence-corrected chi connectivity index (χ3v) is 5.10. The minimum Gasteiger partial charge on any atom is -0.466 e. The van der Waals surface area contributed by atoms with E-state index >= 15 is 0 Å². The molecule has 0 amide bonds. The minimum absolute atomic E-state index is 0.0633. The van der Waals surface area contributed by atoms with Crippen LogP contribution in [0.2, 0.25) is 0 Å². The Bertz CT molecular complexity index is 551. The number of carbonyl (C=O) groups excluding carboxylic acids is 1. The van der Waals surface area contributed by atoms with Gasteiger partial charge in [-0.05, 0) is 33.6 Å². The highest BCUT2D eigenvalue weighted by atomic mass is 32.1. The van der Waals surface area contributed by atoms with Gasteiger partial charge < -0.3 is 15.0 Å². The zero-order chi connectivity index (χ0) is 16.8. The molecule has 0 unspecified atom stereocenters. The summed E-state index contributed by atoms with van der Waals surface area (Å²) in [6.07, 6.45) is 1.86. The summed E-state index contributed by atoms with van der Waals surface area (Å²) in [4.78, 5) is 24.2. The van der Waals surface area contributed by atoms with E-state index in [0.717, 1.165) is 36.0 Å². The smallest absolute Gasteiger partial charge is 0.310 e. The fraction of sp³-hybridized carbons (Fsp3) is 0.688. The number of thiazole rings is 1. The van der Waals surface area contributed by atoms with Gasteiger partial charge in [-0.2, -0.15) is 0 Å². The van der Waals surface area contributed by atoms with E-state index in [1.807, 2.05) is 13.8 Å². The van der Waals surface area contributed by atoms with E-state index in [-0.39, 0.29) is 11.9 Å². The van der Waals surface area contributed by atoms with E-state index in [1.54, 1.807) is 18.4 Å². The van der Waals surface area contributed by atoms with Gasteiger partial charge in [-0.15, -0.1) is 11.3 Å². The fourth-order valence-electron chi connectivity index (χ4n) is 2.72. The van der Waals surface area contributed by atoms with Gasteiger partial charge in [-0.1, -0.05) is 0 Å². The molecule has 2 heterocycles. The lowest BCUT2D eigenvalue weighted by atomic mass is 9.98. The number of guanidine groups is 1. The van der Waals surface area contributed by atoms with Crippen molar-refractivity contribution >= 4 is 23.3 Å². The standard InChI is InChI=1S/C16H26N4O2S/c1-5-22-15(21)13-7-6-8-20(10-13)16(17-4)18-9-14-19-11(2)12(3)23-14/h13H,5-10H2,1-4H3,(H,17,18)/t13-/m1/s1. The van der Waals surface area contributed by atoms with Gasteiger partial charge in [0.1, 0.15) is 5.01 Å². The lowest BCUT2D eigenvalue weighted by Gasteiger charge is -2.33. The number of hydrogen-bond acceptors (Lipinski definition) is 5. The maximum Gasteiger partial charge on any atom is 0.310 e. The summed E-state index contributed by atoms with van der Waals surface area (Å²) < 4.78 is 5.15. The van der Waals surface area contributed by atoms with E-state index in [4.69, 9.17) is 4.74 Å². The highest BCUT2D eigenvalue weighted by Crippen LogP contribution is 2.19. The Morgan fingerprint density at radius 3 is 2.91 bits per heavy atom. The molecule has 1 aromatic heterocycles. The normalized spacial score (nSPS) is 18.9. The van der Waals surface area contributed by atoms with E-state index < -0.39 is 0 Å². The SMILES string of the molecule is CCOC(=O)[C@@H]1CCCN(C(=NC)NCc2nc(C)c(C)s2)C1. The number of aryl methyl sites for hydroxylation is 2. The first-order valence-corrected chi connectivity index (χ1v) is 8.92. The molecule has 7 heteroatoms. The van der Waals surface area contributed by atoms with E-state index in [2.05, 4.69) is 27.1 Å². The first-order valence-electron chi connectivity index (χ1n) is 8.10. The minimum atomic E-state index is -0.0983. The highest BCUT2D eigenvalue weighted by molar-refractivity contribution is 7.11. The number of rotatable bonds is 4. The Kier molecular flexibility index (Phi) is 6.38. The van der Waals surface area contributed by atoms with Crippen LogP contribution in [-0.2, 0) is 16.1 Å². The lowest BCUT2D eigenvalue weighted by molar-refractivity contribution is -0.149. The number of likely N-dealkylation sites (tertiary alicyclic amines) is 1. The van der Waals surface area contributed by atoms with Crippen molar-refractivity contribution < 1.29 is 9.53 Å². The van der Waals surface area contributed by atoms with Crippen molar-refractivity contribution in [3.63, 3.8) is 0 Å². The molecule has 128 valence electrons. The maximum absolute atomic E-state index is 12.0. The number of carbonyl (C=O) groups is 1. The van der Waals surface area contributed by atoms with Crippen LogP contribution >= 0.6 is 11.3 Å². The predicted molar refractivity (Wildman–Crippen MR) is 92.7 cm³/mol. The summed E-state index contributed by atoms with van der Waals surface area (Å²) in [6.45, 7) is 8.62. The number of nitrogens with zero attached hydrogens (tertiary/aromatic N) is 3. The van der Waals surface area contributed by atoms with Crippen LogP contribution in [0.25, 0.3) is 0 Å². The van der Waals surface area contributed by atoms with Crippen molar-refractivity contribution in [3.05, 3.63) is 15.6 Å². The molecule has 1 aromatic rings. The van der Waals surface area contributed by atoms with Gasteiger partial charge in [-0.25, -0.2) is 4.98 Å². The Morgan fingerprint density at radius 1 is 1.52 bits per heavy atom. The molecule has 1 aliphatic rings. The fourth-order valence-corrected chi connectivity index (χ4v) is 3.60. The zero-order valence-corrected chi connectivity index (χ0v) is 15.2. The Morgan fingerprint density at radius 2 is 2.30 bits per heavy atom. The van der Waals surface area contributed by atoms with Crippen LogP contribution < -0.4 is 5.32 Å². The van der Waals surface area contributed by atoms with Crippen molar-refractivity contribution in [2.75, 3.05) is 26.7 Å². The number of hydrogen-bond donors (Lipinski definition) is 1. The Hall–Kier alpha value is -1.63. The molecule has 1 atom stereocenters. The number of esters is 1. The second-order valence-corrected chi connectivity index (χ2v) is 6.97. The van der Waals surface area contributed by atoms with Gasteiger partial charge in [-0.3, -0.25) is 9.79 Å². The molecule has 1 N–H and O–H groups in total. The summed E-state index contributed by atoms with van der Waals surface area (Å²) >= 11 is 1.70. The number of aromatic nitrogens is 1. The van der Waals surface area contributed by atoms with Crippen LogP contribution in [0.15, 0.2) is 4.99 Å². The molecule has 0 bridgehead atoms. The van der Waals surface area contributed by atoms with Crippen molar-refractivity contribution in [2.24, 2.45) is 10.9 Å². The largest absolute Gasteiger partial charge is 0.466 e. The summed E-state index contributed by atoms with van der Waals surface area (Å²) in [6, 6.07) is 0. The molecular weight excluding hydrogens is 312 g/mol. The lowest BCUT2D eigenvalue weighted by Crippen LogP contribution is -2.48. The summed E-state index contributed by atoms with van der Waals surface area (Å²) in [5.41, 5.74) is 1.09. The average Bonchev–Trinajstić information content (AvgIpc) is 2.87. The topological polar surface area (TPSA) is 66.8 Å². The van der Waals surface area contributed by atoms with Crippen molar-refractivity contribution in [1.29, 1.82) is 0 Å². The summed E-state index contributed by atoms with van der Waals surface area (Å²) in [5, 5.41) is 4.41. The Labute approximate surface area is 142 Å². The number of nitrogens with one attached hydrogen (secondary N) is 1. The van der Waals surface area contributed by atoms with Crippen LogP contribution in [0.5, 0.6) is 0 Å². The molecule has 0 aromatic carbocycles. The van der Waals surface area contributed by atoms with Gasteiger partial charge >= 0.3 is 5.97 Å². The van der Waals surface area contributed by atoms with Crippen LogP contribution in [0, 0.1) is 19.8 Å². The Balaban J connectivity index is 1.93. The molecule has 0 spiro atoms. The van der Waals surface area contributed by atoms with Crippen LogP contribution in [0.1, 0.15) is 35.3 Å². The second kappa shape index (κ2) is 8.29. The number of ether oxygens (including phenoxy) is 1. The average molecular weight is 338 g/mol. The molecule has 0 aliphatic carbocycles. The molecule has 0 radical (unpaired) electrons. The third kappa shape index (κ3) is 4.67.